The van der Waals surface area contributed by atoms with E-state index in [9.17, 15) is 0 Å². The SMILES string of the molecule is Cc1cccc(-n2nnnc2SCc2ccc(OCc3ccccn3)cc2)c1. The molecule has 4 aromatic rings. The van der Waals surface area contributed by atoms with Crippen LogP contribution in [-0.2, 0) is 12.4 Å². The zero-order valence-electron chi connectivity index (χ0n) is 15.4. The molecule has 0 radical (unpaired) electrons. The lowest BCUT2D eigenvalue weighted by atomic mass is 10.2. The Morgan fingerprint density at radius 1 is 1.00 bits per heavy atom. The Hall–Kier alpha value is -3.19. The summed E-state index contributed by atoms with van der Waals surface area (Å²) in [4.78, 5) is 4.26. The fourth-order valence-corrected chi connectivity index (χ4v) is 3.51. The average molecular weight is 389 g/mol. The second kappa shape index (κ2) is 8.67. The molecular formula is C21H19N5OS. The quantitative estimate of drug-likeness (QED) is 0.441. The number of tetrazole rings is 1. The van der Waals surface area contributed by atoms with Crippen LogP contribution in [0, 0.1) is 6.92 Å². The van der Waals surface area contributed by atoms with Crippen LogP contribution in [0.2, 0.25) is 0 Å². The van der Waals surface area contributed by atoms with E-state index in [0.29, 0.717) is 6.61 Å². The van der Waals surface area contributed by atoms with Gasteiger partial charge in [-0.3, -0.25) is 4.98 Å². The topological polar surface area (TPSA) is 65.7 Å². The number of hydrogen-bond donors (Lipinski definition) is 0. The summed E-state index contributed by atoms with van der Waals surface area (Å²) in [7, 11) is 0. The molecule has 0 amide bonds. The zero-order chi connectivity index (χ0) is 19.2. The maximum atomic E-state index is 5.78. The predicted molar refractivity (Wildman–Crippen MR) is 108 cm³/mol. The van der Waals surface area contributed by atoms with E-state index < -0.39 is 0 Å². The minimum atomic E-state index is 0.459. The van der Waals surface area contributed by atoms with E-state index in [0.717, 1.165) is 28.0 Å². The summed E-state index contributed by atoms with van der Waals surface area (Å²) >= 11 is 1.60. The lowest BCUT2D eigenvalue weighted by Crippen LogP contribution is -1.99. The van der Waals surface area contributed by atoms with Gasteiger partial charge < -0.3 is 4.74 Å². The minimum Gasteiger partial charge on any atom is -0.487 e. The van der Waals surface area contributed by atoms with Gasteiger partial charge >= 0.3 is 0 Å². The Morgan fingerprint density at radius 2 is 1.89 bits per heavy atom. The molecule has 2 aromatic heterocycles. The van der Waals surface area contributed by atoms with Gasteiger partial charge in [0, 0.05) is 11.9 Å². The number of hydrogen-bond acceptors (Lipinski definition) is 6. The molecule has 0 aliphatic heterocycles. The van der Waals surface area contributed by atoms with Crippen LogP contribution < -0.4 is 4.74 Å². The van der Waals surface area contributed by atoms with Crippen molar-refractivity contribution in [2.75, 3.05) is 0 Å². The molecule has 2 aromatic carbocycles. The highest BCUT2D eigenvalue weighted by molar-refractivity contribution is 7.98. The van der Waals surface area contributed by atoms with Crippen LogP contribution >= 0.6 is 11.8 Å². The Bertz CT molecular complexity index is 1030. The van der Waals surface area contributed by atoms with Crippen molar-refractivity contribution in [1.29, 1.82) is 0 Å². The zero-order valence-corrected chi connectivity index (χ0v) is 16.2. The number of aromatic nitrogens is 5. The highest BCUT2D eigenvalue weighted by atomic mass is 32.2. The van der Waals surface area contributed by atoms with Gasteiger partial charge in [-0.1, -0.05) is 42.1 Å². The monoisotopic (exact) mass is 389 g/mol. The molecule has 7 heteroatoms. The molecule has 0 fully saturated rings. The van der Waals surface area contributed by atoms with Crippen LogP contribution in [0.5, 0.6) is 5.75 Å². The van der Waals surface area contributed by atoms with E-state index in [-0.39, 0.29) is 0 Å². The van der Waals surface area contributed by atoms with Crippen LogP contribution in [-0.4, -0.2) is 25.2 Å². The highest BCUT2D eigenvalue weighted by Crippen LogP contribution is 2.24. The fraction of sp³-hybridized carbons (Fsp3) is 0.143. The van der Waals surface area contributed by atoms with Crippen molar-refractivity contribution in [3.8, 4) is 11.4 Å². The van der Waals surface area contributed by atoms with Crippen LogP contribution in [0.4, 0.5) is 0 Å². The normalized spacial score (nSPS) is 10.8. The van der Waals surface area contributed by atoms with Crippen LogP contribution in [0.3, 0.4) is 0 Å². The summed E-state index contributed by atoms with van der Waals surface area (Å²) in [6.07, 6.45) is 1.77. The van der Waals surface area contributed by atoms with Crippen LogP contribution in [0.15, 0.2) is 78.1 Å². The van der Waals surface area contributed by atoms with Gasteiger partial charge in [0.2, 0.25) is 5.16 Å². The average Bonchev–Trinajstić information content (AvgIpc) is 3.21. The minimum absolute atomic E-state index is 0.459. The number of pyridine rings is 1. The molecular weight excluding hydrogens is 370 g/mol. The third kappa shape index (κ3) is 4.55. The molecule has 0 saturated carbocycles. The molecule has 0 atom stereocenters. The van der Waals surface area contributed by atoms with Crippen molar-refractivity contribution in [3.05, 3.63) is 89.7 Å². The summed E-state index contributed by atoms with van der Waals surface area (Å²) in [5.41, 5.74) is 4.22. The van der Waals surface area contributed by atoms with Gasteiger partial charge in [-0.15, -0.1) is 5.10 Å². The third-order valence-corrected chi connectivity index (χ3v) is 5.08. The second-order valence-electron chi connectivity index (χ2n) is 6.25. The lowest BCUT2D eigenvalue weighted by Gasteiger charge is -2.07. The van der Waals surface area contributed by atoms with Gasteiger partial charge in [0.05, 0.1) is 11.4 Å². The smallest absolute Gasteiger partial charge is 0.214 e. The molecule has 6 nitrogen and oxygen atoms in total. The maximum Gasteiger partial charge on any atom is 0.214 e. The Labute approximate surface area is 167 Å². The van der Waals surface area contributed by atoms with Gasteiger partial charge in [0.1, 0.15) is 12.4 Å². The van der Waals surface area contributed by atoms with Gasteiger partial charge in [0.15, 0.2) is 0 Å². The first-order valence-electron chi connectivity index (χ1n) is 8.88. The number of rotatable bonds is 7. The van der Waals surface area contributed by atoms with Crippen molar-refractivity contribution >= 4 is 11.8 Å². The van der Waals surface area contributed by atoms with E-state index in [2.05, 4.69) is 51.7 Å². The molecule has 2 heterocycles. The first-order chi connectivity index (χ1) is 13.8. The number of aryl methyl sites for hydroxylation is 1. The Balaban J connectivity index is 1.36. The van der Waals surface area contributed by atoms with E-state index in [1.54, 1.807) is 22.6 Å². The van der Waals surface area contributed by atoms with Crippen molar-refractivity contribution in [2.45, 2.75) is 24.4 Å². The number of ether oxygens (including phenoxy) is 1. The molecule has 0 unspecified atom stereocenters. The molecule has 140 valence electrons. The maximum absolute atomic E-state index is 5.78. The largest absolute Gasteiger partial charge is 0.487 e. The molecule has 0 aliphatic carbocycles. The first kappa shape index (κ1) is 18.2. The van der Waals surface area contributed by atoms with Gasteiger partial charge in [-0.25, -0.2) is 0 Å². The molecule has 28 heavy (non-hydrogen) atoms. The molecule has 0 aliphatic rings. The second-order valence-corrected chi connectivity index (χ2v) is 7.20. The van der Waals surface area contributed by atoms with Crippen molar-refractivity contribution in [1.82, 2.24) is 25.2 Å². The standard InChI is InChI=1S/C21H19N5OS/c1-16-5-4-7-19(13-16)26-21(23-24-25-26)28-15-17-8-10-20(11-9-17)27-14-18-6-2-3-12-22-18/h2-13H,14-15H2,1H3. The molecule has 4 rings (SSSR count). The van der Waals surface area contributed by atoms with Gasteiger partial charge in [-0.05, 0) is 64.9 Å². The summed E-state index contributed by atoms with van der Waals surface area (Å²) in [5.74, 6) is 1.59. The van der Waals surface area contributed by atoms with Crippen molar-refractivity contribution in [2.24, 2.45) is 0 Å². The summed E-state index contributed by atoms with van der Waals surface area (Å²) in [5, 5.41) is 12.9. The number of nitrogens with zero attached hydrogens (tertiary/aromatic N) is 5. The third-order valence-electron chi connectivity index (χ3n) is 4.09. The molecule has 0 bridgehead atoms. The summed E-state index contributed by atoms with van der Waals surface area (Å²) in [6.45, 7) is 2.51. The van der Waals surface area contributed by atoms with Gasteiger partial charge in [-0.2, -0.15) is 4.68 Å². The van der Waals surface area contributed by atoms with Gasteiger partial charge in [0.25, 0.3) is 0 Å². The van der Waals surface area contributed by atoms with Crippen LogP contribution in [0.25, 0.3) is 5.69 Å². The van der Waals surface area contributed by atoms with Crippen LogP contribution in [0.1, 0.15) is 16.8 Å². The van der Waals surface area contributed by atoms with Crippen molar-refractivity contribution < 1.29 is 4.74 Å². The van der Waals surface area contributed by atoms with E-state index in [1.807, 2.05) is 42.5 Å². The number of benzene rings is 2. The number of thioether (sulfide) groups is 1. The predicted octanol–water partition coefficient (Wildman–Crippen LogP) is 4.24. The highest BCUT2D eigenvalue weighted by Gasteiger charge is 2.09. The Kier molecular flexibility index (Phi) is 5.63. The van der Waals surface area contributed by atoms with Crippen molar-refractivity contribution in [3.63, 3.8) is 0 Å². The first-order valence-corrected chi connectivity index (χ1v) is 9.86. The molecule has 0 saturated heterocycles. The molecule has 0 spiro atoms. The van der Waals surface area contributed by atoms with E-state index >= 15 is 0 Å². The van der Waals surface area contributed by atoms with E-state index in [4.69, 9.17) is 4.74 Å². The fourth-order valence-electron chi connectivity index (χ4n) is 2.66. The lowest BCUT2D eigenvalue weighted by molar-refractivity contribution is 0.301. The Morgan fingerprint density at radius 3 is 2.68 bits per heavy atom. The van der Waals surface area contributed by atoms with E-state index in [1.165, 1.54) is 11.1 Å². The summed E-state index contributed by atoms with van der Waals surface area (Å²) < 4.78 is 7.55. The summed E-state index contributed by atoms with van der Waals surface area (Å²) in [6, 6.07) is 22.0. The molecule has 0 N–H and O–H groups in total.